The summed E-state index contributed by atoms with van der Waals surface area (Å²) in [5.41, 5.74) is 1.06. The van der Waals surface area contributed by atoms with E-state index in [1.165, 1.54) is 13.2 Å². The summed E-state index contributed by atoms with van der Waals surface area (Å²) in [6.45, 7) is 1.81. The second-order valence-electron chi connectivity index (χ2n) is 4.34. The molecule has 1 N–H and O–H groups in total. The molecule has 0 amide bonds. The molecule has 0 aliphatic heterocycles. The predicted octanol–water partition coefficient (Wildman–Crippen LogP) is 4.57. The Hall–Kier alpha value is -1.95. The van der Waals surface area contributed by atoms with Gasteiger partial charge in [-0.3, -0.25) is 0 Å². The number of nitrogens with one attached hydrogen (secondary N) is 1. The quantitative estimate of drug-likeness (QED) is 0.647. The Bertz CT molecular complexity index is 704. The average Bonchev–Trinajstić information content (AvgIpc) is 2.48. The van der Waals surface area contributed by atoms with Crippen LogP contribution in [0.2, 0.25) is 0 Å². The number of anilines is 2. The number of rotatable bonds is 3. The molecule has 0 fully saturated rings. The topological polar surface area (TPSA) is 38.3 Å². The molecule has 0 aromatic heterocycles. The minimum atomic E-state index is -1.15. The number of para-hydroxylation sites is 1. The molecule has 110 valence electrons. The first-order valence-corrected chi connectivity index (χ1v) is 6.83. The molecule has 0 aliphatic carbocycles. The fourth-order valence-electron chi connectivity index (χ4n) is 1.84. The zero-order valence-electron chi connectivity index (χ0n) is 11.3. The lowest BCUT2D eigenvalue weighted by molar-refractivity contribution is 0.0601. The molecule has 2 aromatic rings. The third-order valence-corrected chi connectivity index (χ3v) is 3.55. The van der Waals surface area contributed by atoms with E-state index in [4.69, 9.17) is 0 Å². The number of methoxy groups -OCH3 is 1. The van der Waals surface area contributed by atoms with E-state index < -0.39 is 17.6 Å². The van der Waals surface area contributed by atoms with Crippen molar-refractivity contribution in [3.63, 3.8) is 0 Å². The second kappa shape index (κ2) is 6.22. The molecule has 0 atom stereocenters. The number of carbonyl (C=O) groups is 1. The normalized spacial score (nSPS) is 10.3. The highest BCUT2D eigenvalue weighted by molar-refractivity contribution is 9.10. The fraction of sp³-hybridized carbons (Fsp3) is 0.133. The first-order chi connectivity index (χ1) is 9.95. The first-order valence-electron chi connectivity index (χ1n) is 6.04. The maximum absolute atomic E-state index is 14.2. The SMILES string of the molecule is COC(=O)c1cc(Br)c(F)c(F)c1Nc1ccccc1C. The Morgan fingerprint density at radius 1 is 1.24 bits per heavy atom. The second-order valence-corrected chi connectivity index (χ2v) is 5.19. The minimum absolute atomic E-state index is 0.0912. The summed E-state index contributed by atoms with van der Waals surface area (Å²) in [5.74, 6) is -2.97. The summed E-state index contributed by atoms with van der Waals surface area (Å²) < 4.78 is 32.4. The summed E-state index contributed by atoms with van der Waals surface area (Å²) in [5, 5.41) is 2.76. The van der Waals surface area contributed by atoms with Gasteiger partial charge in [-0.2, -0.15) is 0 Å². The highest BCUT2D eigenvalue weighted by Crippen LogP contribution is 2.32. The van der Waals surface area contributed by atoms with Gasteiger partial charge in [0.2, 0.25) is 0 Å². The maximum atomic E-state index is 14.2. The van der Waals surface area contributed by atoms with Crippen LogP contribution in [0.4, 0.5) is 20.2 Å². The van der Waals surface area contributed by atoms with Gasteiger partial charge in [0.05, 0.1) is 22.8 Å². The van der Waals surface area contributed by atoms with Crippen molar-refractivity contribution in [3.8, 4) is 0 Å². The van der Waals surface area contributed by atoms with Crippen LogP contribution in [-0.2, 0) is 4.74 Å². The molecule has 0 heterocycles. The number of carbonyl (C=O) groups excluding carboxylic acids is 1. The summed E-state index contributed by atoms with van der Waals surface area (Å²) >= 11 is 2.88. The Kier molecular flexibility index (Phi) is 4.57. The Morgan fingerprint density at radius 2 is 1.90 bits per heavy atom. The molecule has 3 nitrogen and oxygen atoms in total. The minimum Gasteiger partial charge on any atom is -0.465 e. The lowest BCUT2D eigenvalue weighted by atomic mass is 10.1. The van der Waals surface area contributed by atoms with Crippen LogP contribution in [-0.4, -0.2) is 13.1 Å². The van der Waals surface area contributed by atoms with Gasteiger partial charge in [0.1, 0.15) is 0 Å². The number of aryl methyl sites for hydroxylation is 1. The molecule has 0 aliphatic rings. The van der Waals surface area contributed by atoms with Gasteiger partial charge < -0.3 is 10.1 Å². The van der Waals surface area contributed by atoms with E-state index in [1.807, 2.05) is 19.1 Å². The summed E-state index contributed by atoms with van der Waals surface area (Å²) in [4.78, 5) is 11.8. The molecule has 6 heteroatoms. The molecule has 0 saturated carbocycles. The van der Waals surface area contributed by atoms with Crippen molar-refractivity contribution in [2.24, 2.45) is 0 Å². The van der Waals surface area contributed by atoms with Crippen molar-refractivity contribution >= 4 is 33.3 Å². The summed E-state index contributed by atoms with van der Waals surface area (Å²) in [7, 11) is 1.18. The van der Waals surface area contributed by atoms with Crippen molar-refractivity contribution in [2.75, 3.05) is 12.4 Å². The average molecular weight is 356 g/mol. The largest absolute Gasteiger partial charge is 0.465 e. The summed E-state index contributed by atoms with van der Waals surface area (Å²) in [6.07, 6.45) is 0. The first kappa shape index (κ1) is 15.4. The number of halogens is 3. The van der Waals surface area contributed by atoms with Crippen LogP contribution in [0.5, 0.6) is 0 Å². The number of esters is 1. The lowest BCUT2D eigenvalue weighted by Gasteiger charge is -2.15. The highest BCUT2D eigenvalue weighted by Gasteiger charge is 2.22. The smallest absolute Gasteiger partial charge is 0.340 e. The van der Waals surface area contributed by atoms with E-state index in [1.54, 1.807) is 12.1 Å². The van der Waals surface area contributed by atoms with Crippen LogP contribution < -0.4 is 5.32 Å². The van der Waals surface area contributed by atoms with Gasteiger partial charge >= 0.3 is 5.97 Å². The molecule has 0 saturated heterocycles. The van der Waals surface area contributed by atoms with Crippen molar-refractivity contribution in [1.82, 2.24) is 0 Å². The zero-order valence-corrected chi connectivity index (χ0v) is 12.9. The Morgan fingerprint density at radius 3 is 2.52 bits per heavy atom. The number of hydrogen-bond donors (Lipinski definition) is 1. The molecule has 0 unspecified atom stereocenters. The molecule has 0 spiro atoms. The number of ether oxygens (including phenoxy) is 1. The number of benzene rings is 2. The van der Waals surface area contributed by atoms with E-state index in [0.29, 0.717) is 5.69 Å². The van der Waals surface area contributed by atoms with E-state index in [0.717, 1.165) is 5.56 Å². The van der Waals surface area contributed by atoms with Crippen LogP contribution in [0.3, 0.4) is 0 Å². The fourth-order valence-corrected chi connectivity index (χ4v) is 2.24. The van der Waals surface area contributed by atoms with Crippen LogP contribution >= 0.6 is 15.9 Å². The van der Waals surface area contributed by atoms with Crippen LogP contribution in [0, 0.1) is 18.6 Å². The third-order valence-electron chi connectivity index (χ3n) is 2.97. The van der Waals surface area contributed by atoms with Gasteiger partial charge in [-0.15, -0.1) is 0 Å². The van der Waals surface area contributed by atoms with E-state index in [9.17, 15) is 13.6 Å². The maximum Gasteiger partial charge on any atom is 0.340 e. The van der Waals surface area contributed by atoms with Crippen LogP contribution in [0.25, 0.3) is 0 Å². The molecule has 21 heavy (non-hydrogen) atoms. The Balaban J connectivity index is 2.59. The number of hydrogen-bond acceptors (Lipinski definition) is 3. The van der Waals surface area contributed by atoms with Crippen LogP contribution in [0.15, 0.2) is 34.8 Å². The van der Waals surface area contributed by atoms with Gasteiger partial charge in [0.15, 0.2) is 11.6 Å². The molecule has 2 rings (SSSR count). The van der Waals surface area contributed by atoms with Gasteiger partial charge in [0, 0.05) is 5.69 Å². The van der Waals surface area contributed by atoms with E-state index in [-0.39, 0.29) is 15.7 Å². The van der Waals surface area contributed by atoms with Crippen molar-refractivity contribution in [3.05, 3.63) is 57.6 Å². The van der Waals surface area contributed by atoms with Crippen molar-refractivity contribution in [2.45, 2.75) is 6.92 Å². The van der Waals surface area contributed by atoms with Gasteiger partial charge in [-0.05, 0) is 40.5 Å². The molecular weight excluding hydrogens is 344 g/mol. The van der Waals surface area contributed by atoms with Crippen molar-refractivity contribution < 1.29 is 18.3 Å². The zero-order chi connectivity index (χ0) is 15.6. The molecule has 2 aromatic carbocycles. The lowest BCUT2D eigenvalue weighted by Crippen LogP contribution is -2.10. The van der Waals surface area contributed by atoms with E-state index in [2.05, 4.69) is 26.0 Å². The monoisotopic (exact) mass is 355 g/mol. The van der Waals surface area contributed by atoms with E-state index >= 15 is 0 Å². The predicted molar refractivity (Wildman–Crippen MR) is 79.9 cm³/mol. The van der Waals surface area contributed by atoms with Gasteiger partial charge in [0.25, 0.3) is 0 Å². The van der Waals surface area contributed by atoms with Gasteiger partial charge in [-0.1, -0.05) is 18.2 Å². The standard InChI is InChI=1S/C15H12BrF2NO2/c1-8-5-3-4-6-11(8)19-14-9(15(20)21-2)7-10(16)12(17)13(14)18/h3-7,19H,1-2H3. The summed E-state index contributed by atoms with van der Waals surface area (Å²) in [6, 6.07) is 8.27. The Labute approximate surface area is 129 Å². The highest BCUT2D eigenvalue weighted by atomic mass is 79.9. The van der Waals surface area contributed by atoms with Gasteiger partial charge in [-0.25, -0.2) is 13.6 Å². The van der Waals surface area contributed by atoms with Crippen LogP contribution in [0.1, 0.15) is 15.9 Å². The molecular formula is C15H12BrF2NO2. The van der Waals surface area contributed by atoms with Crippen molar-refractivity contribution in [1.29, 1.82) is 0 Å². The molecule has 0 bridgehead atoms. The third kappa shape index (κ3) is 3.05. The molecule has 0 radical (unpaired) electrons.